The maximum Gasteiger partial charge on any atom is 0.155 e. The molecule has 1 aromatic rings. The summed E-state index contributed by atoms with van der Waals surface area (Å²) < 4.78 is 0. The largest absolute Gasteiger partial charge is 0.326 e. The summed E-state index contributed by atoms with van der Waals surface area (Å²) in [6.07, 6.45) is 0.636. The molecule has 3 nitrogen and oxygen atoms in total. The molecule has 0 radical (unpaired) electrons. The van der Waals surface area contributed by atoms with Crippen molar-refractivity contribution in [2.24, 2.45) is 5.73 Å². The zero-order chi connectivity index (χ0) is 9.97. The Labute approximate surface area is 83.3 Å². The Kier molecular flexibility index (Phi) is 2.61. The minimum atomic E-state index is -0.110. The lowest BCUT2D eigenvalue weighted by Crippen LogP contribution is -2.17. The lowest BCUT2D eigenvalue weighted by molar-refractivity contribution is -0.118. The molecular formula is C11H14N2O. The number of hydrogen-bond donors (Lipinski definition) is 2. The number of carbonyl (C=O) groups excluding carboxylic acids is 1. The van der Waals surface area contributed by atoms with E-state index >= 15 is 0 Å². The minimum absolute atomic E-state index is 0.110. The number of benzene rings is 1. The Morgan fingerprint density at radius 2 is 2.36 bits per heavy atom. The lowest BCUT2D eigenvalue weighted by Gasteiger charge is -2.10. The molecule has 0 bridgehead atoms. The van der Waals surface area contributed by atoms with E-state index in [2.05, 4.69) is 5.32 Å². The van der Waals surface area contributed by atoms with Crippen LogP contribution in [0.4, 0.5) is 0 Å². The average Bonchev–Trinajstić information content (AvgIpc) is 2.65. The normalized spacial score (nSPS) is 21.5. The molecule has 1 atom stereocenters. The average molecular weight is 190 g/mol. The SMILES string of the molecule is NCc1cccc(C2NCCC2=O)c1. The van der Waals surface area contributed by atoms with Crippen LogP contribution >= 0.6 is 0 Å². The van der Waals surface area contributed by atoms with Crippen molar-refractivity contribution in [3.05, 3.63) is 35.4 Å². The summed E-state index contributed by atoms with van der Waals surface area (Å²) in [7, 11) is 0. The van der Waals surface area contributed by atoms with Crippen LogP contribution in [0.2, 0.25) is 0 Å². The van der Waals surface area contributed by atoms with Gasteiger partial charge in [-0.25, -0.2) is 0 Å². The molecule has 1 saturated heterocycles. The predicted octanol–water partition coefficient (Wildman–Crippen LogP) is 0.749. The summed E-state index contributed by atoms with van der Waals surface area (Å²) in [6, 6.07) is 7.79. The third-order valence-corrected chi connectivity index (χ3v) is 2.56. The number of nitrogens with two attached hydrogens (primary N) is 1. The van der Waals surface area contributed by atoms with Gasteiger partial charge >= 0.3 is 0 Å². The van der Waals surface area contributed by atoms with E-state index in [0.717, 1.165) is 17.7 Å². The third kappa shape index (κ3) is 1.69. The first-order chi connectivity index (χ1) is 6.81. The fourth-order valence-corrected chi connectivity index (χ4v) is 1.80. The summed E-state index contributed by atoms with van der Waals surface area (Å²) in [4.78, 5) is 11.5. The van der Waals surface area contributed by atoms with Crippen LogP contribution in [0.1, 0.15) is 23.6 Å². The van der Waals surface area contributed by atoms with Gasteiger partial charge in [0.2, 0.25) is 0 Å². The minimum Gasteiger partial charge on any atom is -0.326 e. The predicted molar refractivity (Wildman–Crippen MR) is 54.7 cm³/mol. The van der Waals surface area contributed by atoms with Gasteiger partial charge in [-0.1, -0.05) is 24.3 Å². The summed E-state index contributed by atoms with van der Waals surface area (Å²) in [5.74, 6) is 0.277. The van der Waals surface area contributed by atoms with Crippen LogP contribution in [0.15, 0.2) is 24.3 Å². The van der Waals surface area contributed by atoms with E-state index in [4.69, 9.17) is 5.73 Å². The molecule has 0 saturated carbocycles. The fourth-order valence-electron chi connectivity index (χ4n) is 1.80. The van der Waals surface area contributed by atoms with E-state index in [1.54, 1.807) is 0 Å². The molecule has 2 rings (SSSR count). The first kappa shape index (κ1) is 9.37. The van der Waals surface area contributed by atoms with Crippen molar-refractivity contribution in [3.63, 3.8) is 0 Å². The van der Waals surface area contributed by atoms with E-state index in [1.165, 1.54) is 0 Å². The molecule has 0 aromatic heterocycles. The molecule has 0 aliphatic carbocycles. The lowest BCUT2D eigenvalue weighted by atomic mass is 10.0. The first-order valence-corrected chi connectivity index (χ1v) is 4.86. The second-order valence-corrected chi connectivity index (χ2v) is 3.55. The van der Waals surface area contributed by atoms with Gasteiger partial charge in [0.25, 0.3) is 0 Å². The van der Waals surface area contributed by atoms with Crippen LogP contribution in [-0.2, 0) is 11.3 Å². The van der Waals surface area contributed by atoms with Crippen LogP contribution in [0.5, 0.6) is 0 Å². The number of ketones is 1. The molecule has 0 spiro atoms. The Bertz CT molecular complexity index is 349. The highest BCUT2D eigenvalue weighted by molar-refractivity contribution is 5.87. The summed E-state index contributed by atoms with van der Waals surface area (Å²) >= 11 is 0. The quantitative estimate of drug-likeness (QED) is 0.723. The Hall–Kier alpha value is -1.19. The van der Waals surface area contributed by atoms with Crippen molar-refractivity contribution < 1.29 is 4.79 Å². The van der Waals surface area contributed by atoms with Gasteiger partial charge in [0.1, 0.15) is 0 Å². The molecule has 1 unspecified atom stereocenters. The molecule has 1 aliphatic rings. The maximum atomic E-state index is 11.5. The topological polar surface area (TPSA) is 55.1 Å². The monoisotopic (exact) mass is 190 g/mol. The van der Waals surface area contributed by atoms with Gasteiger partial charge < -0.3 is 11.1 Å². The van der Waals surface area contributed by atoms with Gasteiger partial charge in [-0.3, -0.25) is 4.79 Å². The number of rotatable bonds is 2. The van der Waals surface area contributed by atoms with Crippen LogP contribution in [0.25, 0.3) is 0 Å². The summed E-state index contributed by atoms with van der Waals surface area (Å²) in [5, 5.41) is 3.18. The van der Waals surface area contributed by atoms with Crippen molar-refractivity contribution in [1.82, 2.24) is 5.32 Å². The zero-order valence-corrected chi connectivity index (χ0v) is 7.99. The van der Waals surface area contributed by atoms with Gasteiger partial charge in [0, 0.05) is 19.5 Å². The van der Waals surface area contributed by atoms with E-state index in [9.17, 15) is 4.79 Å². The van der Waals surface area contributed by atoms with Crippen molar-refractivity contribution in [2.45, 2.75) is 19.0 Å². The van der Waals surface area contributed by atoms with Crippen LogP contribution in [0.3, 0.4) is 0 Å². The number of Topliss-reactive ketones (excluding diaryl/α,β-unsaturated/α-hetero) is 1. The Morgan fingerprint density at radius 1 is 1.50 bits per heavy atom. The number of hydrogen-bond acceptors (Lipinski definition) is 3. The standard InChI is InChI=1S/C11H14N2O/c12-7-8-2-1-3-9(6-8)11-10(14)4-5-13-11/h1-3,6,11,13H,4-5,7,12H2. The highest BCUT2D eigenvalue weighted by Crippen LogP contribution is 2.20. The van der Waals surface area contributed by atoms with E-state index in [1.807, 2.05) is 24.3 Å². The molecule has 1 fully saturated rings. The summed E-state index contributed by atoms with van der Waals surface area (Å²) in [6.45, 7) is 1.31. The second kappa shape index (κ2) is 3.90. The van der Waals surface area contributed by atoms with E-state index < -0.39 is 0 Å². The van der Waals surface area contributed by atoms with Crippen LogP contribution in [0, 0.1) is 0 Å². The van der Waals surface area contributed by atoms with Crippen molar-refractivity contribution >= 4 is 5.78 Å². The highest BCUT2D eigenvalue weighted by atomic mass is 16.1. The van der Waals surface area contributed by atoms with Gasteiger partial charge in [0.05, 0.1) is 6.04 Å². The maximum absolute atomic E-state index is 11.5. The Morgan fingerprint density at radius 3 is 3.00 bits per heavy atom. The van der Waals surface area contributed by atoms with Crippen molar-refractivity contribution in [2.75, 3.05) is 6.54 Å². The van der Waals surface area contributed by atoms with E-state index in [0.29, 0.717) is 13.0 Å². The molecule has 0 amide bonds. The number of nitrogens with one attached hydrogen (secondary N) is 1. The second-order valence-electron chi connectivity index (χ2n) is 3.55. The molecule has 14 heavy (non-hydrogen) atoms. The highest BCUT2D eigenvalue weighted by Gasteiger charge is 2.24. The molecule has 1 aromatic carbocycles. The summed E-state index contributed by atoms with van der Waals surface area (Å²) in [5.41, 5.74) is 7.66. The van der Waals surface area contributed by atoms with Crippen molar-refractivity contribution in [3.8, 4) is 0 Å². The van der Waals surface area contributed by atoms with Gasteiger partial charge in [-0.15, -0.1) is 0 Å². The van der Waals surface area contributed by atoms with Crippen LogP contribution in [-0.4, -0.2) is 12.3 Å². The zero-order valence-electron chi connectivity index (χ0n) is 7.99. The Balaban J connectivity index is 2.26. The number of carbonyl (C=O) groups is 1. The molecular weight excluding hydrogens is 176 g/mol. The van der Waals surface area contributed by atoms with Crippen LogP contribution < -0.4 is 11.1 Å². The first-order valence-electron chi connectivity index (χ1n) is 4.86. The fraction of sp³-hybridized carbons (Fsp3) is 0.364. The van der Waals surface area contributed by atoms with Crippen molar-refractivity contribution in [1.29, 1.82) is 0 Å². The molecule has 3 N–H and O–H groups in total. The third-order valence-electron chi connectivity index (χ3n) is 2.56. The van der Waals surface area contributed by atoms with Gasteiger partial charge in [0.15, 0.2) is 5.78 Å². The van der Waals surface area contributed by atoms with Gasteiger partial charge in [-0.2, -0.15) is 0 Å². The molecule has 1 aliphatic heterocycles. The van der Waals surface area contributed by atoms with Gasteiger partial charge in [-0.05, 0) is 11.1 Å². The van der Waals surface area contributed by atoms with E-state index in [-0.39, 0.29) is 11.8 Å². The molecule has 1 heterocycles. The molecule has 74 valence electrons. The smallest absolute Gasteiger partial charge is 0.155 e. The molecule has 3 heteroatoms.